The molecule has 0 saturated heterocycles. The zero-order chi connectivity index (χ0) is 18.5. The average molecular weight is 332 g/mol. The topological polar surface area (TPSA) is 55.8 Å². The molecule has 2 aromatic carbocycles. The van der Waals surface area contributed by atoms with Gasteiger partial charge in [0.2, 0.25) is 5.75 Å². The number of hydrogen-bond donors (Lipinski definition) is 1. The highest BCUT2D eigenvalue weighted by molar-refractivity contribution is 5.98. The molecule has 0 saturated carbocycles. The number of methoxy groups -OCH3 is 1. The van der Waals surface area contributed by atoms with Crippen molar-refractivity contribution in [1.29, 1.82) is 0 Å². The van der Waals surface area contributed by atoms with Crippen molar-refractivity contribution in [2.75, 3.05) is 7.11 Å². The Morgan fingerprint density at radius 1 is 1.00 bits per heavy atom. The maximum Gasteiger partial charge on any atom is 0.204 e. The number of Topliss-reactive ketones (excluding diaryl/α,β-unsaturated/α-hetero) is 1. The number of carbonyl (C=O) groups is 1. The van der Waals surface area contributed by atoms with Crippen molar-refractivity contribution in [1.82, 2.24) is 0 Å². The molecule has 132 valence electrons. The van der Waals surface area contributed by atoms with Gasteiger partial charge >= 0.3 is 0 Å². The summed E-state index contributed by atoms with van der Waals surface area (Å²) >= 11 is 0. The maximum atomic E-state index is 11.4. The number of benzene rings is 2. The van der Waals surface area contributed by atoms with Gasteiger partial charge in [-0.15, -0.1) is 0 Å². The molecule has 0 amide bonds. The summed E-state index contributed by atoms with van der Waals surface area (Å²) in [5, 5.41) is 10.1. The smallest absolute Gasteiger partial charge is 0.204 e. The van der Waals surface area contributed by atoms with E-state index in [-0.39, 0.29) is 29.5 Å². The quantitative estimate of drug-likeness (QED) is 0.761. The van der Waals surface area contributed by atoms with Crippen molar-refractivity contribution < 1.29 is 19.4 Å². The summed E-state index contributed by atoms with van der Waals surface area (Å²) in [4.78, 5) is 11.4. The molecule has 1 N–H and O–H groups in total. The molecule has 24 heavy (non-hydrogen) atoms. The average Bonchev–Trinajstić information content (AvgIpc) is 2.64. The number of ether oxygens (including phenoxy) is 2. The SMILES string of the molecule is CC.CC.COc1ccc(C(C)=O)c(O)c1OCc1ccccc1. The summed E-state index contributed by atoms with van der Waals surface area (Å²) in [5.41, 5.74) is 1.18. The first-order valence-corrected chi connectivity index (χ1v) is 8.21. The molecule has 0 unspecified atom stereocenters. The van der Waals surface area contributed by atoms with Crippen LogP contribution >= 0.6 is 0 Å². The Balaban J connectivity index is 0.00000123. The molecule has 4 nitrogen and oxygen atoms in total. The Morgan fingerprint density at radius 3 is 2.08 bits per heavy atom. The van der Waals surface area contributed by atoms with Gasteiger partial charge in [0.05, 0.1) is 12.7 Å². The van der Waals surface area contributed by atoms with Crippen molar-refractivity contribution in [3.05, 3.63) is 53.6 Å². The lowest BCUT2D eigenvalue weighted by Gasteiger charge is -2.14. The molecule has 0 aliphatic heterocycles. The molecule has 0 spiro atoms. The number of hydrogen-bond acceptors (Lipinski definition) is 4. The Kier molecular flexibility index (Phi) is 10.8. The van der Waals surface area contributed by atoms with Crippen LogP contribution < -0.4 is 9.47 Å². The molecule has 0 radical (unpaired) electrons. The van der Waals surface area contributed by atoms with Crippen LogP contribution in [0.5, 0.6) is 17.2 Å². The van der Waals surface area contributed by atoms with Crippen LogP contribution in [0.1, 0.15) is 50.5 Å². The first-order valence-electron chi connectivity index (χ1n) is 8.21. The molecule has 0 heterocycles. The monoisotopic (exact) mass is 332 g/mol. The van der Waals surface area contributed by atoms with Crippen LogP contribution in [0, 0.1) is 0 Å². The van der Waals surface area contributed by atoms with E-state index < -0.39 is 0 Å². The number of aromatic hydroxyl groups is 1. The zero-order valence-electron chi connectivity index (χ0n) is 15.4. The lowest BCUT2D eigenvalue weighted by molar-refractivity contribution is 0.101. The van der Waals surface area contributed by atoms with Crippen LogP contribution in [-0.2, 0) is 6.61 Å². The highest BCUT2D eigenvalue weighted by atomic mass is 16.5. The minimum atomic E-state index is -0.227. The summed E-state index contributed by atoms with van der Waals surface area (Å²) in [6.45, 7) is 9.68. The Hall–Kier alpha value is -2.49. The summed E-state index contributed by atoms with van der Waals surface area (Å²) in [7, 11) is 1.48. The summed E-state index contributed by atoms with van der Waals surface area (Å²) in [6.07, 6.45) is 0. The van der Waals surface area contributed by atoms with Gasteiger partial charge in [-0.3, -0.25) is 4.79 Å². The van der Waals surface area contributed by atoms with Gasteiger partial charge in [0.15, 0.2) is 17.3 Å². The Morgan fingerprint density at radius 2 is 1.58 bits per heavy atom. The molecular formula is C20H28O4. The molecular weight excluding hydrogens is 304 g/mol. The van der Waals surface area contributed by atoms with Crippen LogP contribution in [0.2, 0.25) is 0 Å². The molecule has 0 atom stereocenters. The fraction of sp³-hybridized carbons (Fsp3) is 0.350. The normalized spacial score (nSPS) is 8.92. The standard InChI is InChI=1S/C16H16O4.2C2H6/c1-11(17)13-8-9-14(19-2)16(15(13)18)20-10-12-6-4-3-5-7-12;2*1-2/h3-9,18H,10H2,1-2H3;2*1-2H3. The summed E-state index contributed by atoms with van der Waals surface area (Å²) in [6, 6.07) is 12.7. The van der Waals surface area contributed by atoms with E-state index in [1.54, 1.807) is 6.07 Å². The maximum absolute atomic E-state index is 11.4. The molecule has 2 rings (SSSR count). The van der Waals surface area contributed by atoms with Gasteiger partial charge < -0.3 is 14.6 Å². The van der Waals surface area contributed by atoms with E-state index in [4.69, 9.17) is 9.47 Å². The molecule has 2 aromatic rings. The van der Waals surface area contributed by atoms with Crippen LogP contribution in [0.25, 0.3) is 0 Å². The van der Waals surface area contributed by atoms with Crippen LogP contribution in [0.15, 0.2) is 42.5 Å². The van der Waals surface area contributed by atoms with Gasteiger partial charge in [0.25, 0.3) is 0 Å². The lowest BCUT2D eigenvalue weighted by Crippen LogP contribution is -2.01. The number of phenolic OH excluding ortho intramolecular Hbond substituents is 1. The molecule has 0 aliphatic carbocycles. The van der Waals surface area contributed by atoms with Gasteiger partial charge in [-0.25, -0.2) is 0 Å². The largest absolute Gasteiger partial charge is 0.504 e. The Labute approximate surface area is 145 Å². The van der Waals surface area contributed by atoms with Crippen LogP contribution in [0.4, 0.5) is 0 Å². The molecule has 0 aromatic heterocycles. The second-order valence-electron chi connectivity index (χ2n) is 4.32. The van der Waals surface area contributed by atoms with E-state index in [2.05, 4.69) is 0 Å². The number of rotatable bonds is 5. The highest BCUT2D eigenvalue weighted by Gasteiger charge is 2.17. The van der Waals surface area contributed by atoms with E-state index >= 15 is 0 Å². The van der Waals surface area contributed by atoms with Gasteiger partial charge in [-0.05, 0) is 24.6 Å². The molecule has 0 fully saturated rings. The highest BCUT2D eigenvalue weighted by Crippen LogP contribution is 2.39. The first kappa shape index (κ1) is 21.5. The van der Waals surface area contributed by atoms with E-state index in [0.717, 1.165) is 5.56 Å². The van der Waals surface area contributed by atoms with Gasteiger partial charge in [-0.1, -0.05) is 58.0 Å². The van der Waals surface area contributed by atoms with Gasteiger partial charge in [0, 0.05) is 0 Å². The van der Waals surface area contributed by atoms with Crippen molar-refractivity contribution in [3.63, 3.8) is 0 Å². The zero-order valence-corrected chi connectivity index (χ0v) is 15.4. The predicted molar refractivity (Wildman–Crippen MR) is 98.1 cm³/mol. The fourth-order valence-electron chi connectivity index (χ4n) is 1.87. The van der Waals surface area contributed by atoms with Gasteiger partial charge in [-0.2, -0.15) is 0 Å². The molecule has 4 heteroatoms. The Bertz CT molecular complexity index is 607. The number of phenols is 1. The minimum absolute atomic E-state index is 0.184. The second kappa shape index (κ2) is 12.0. The number of carbonyl (C=O) groups excluding carboxylic acids is 1. The summed E-state index contributed by atoms with van der Waals surface area (Å²) < 4.78 is 10.8. The number of ketones is 1. The van der Waals surface area contributed by atoms with Gasteiger partial charge in [0.1, 0.15) is 6.61 Å². The predicted octanol–water partition coefficient (Wildman–Crippen LogP) is 5.23. The minimum Gasteiger partial charge on any atom is -0.504 e. The first-order chi connectivity index (χ1) is 11.6. The van der Waals surface area contributed by atoms with E-state index in [0.29, 0.717) is 5.75 Å². The van der Waals surface area contributed by atoms with Crippen molar-refractivity contribution in [2.24, 2.45) is 0 Å². The second-order valence-corrected chi connectivity index (χ2v) is 4.32. The van der Waals surface area contributed by atoms with E-state index in [1.165, 1.54) is 20.1 Å². The third kappa shape index (κ3) is 5.95. The third-order valence-corrected chi connectivity index (χ3v) is 2.92. The van der Waals surface area contributed by atoms with E-state index in [9.17, 15) is 9.90 Å². The van der Waals surface area contributed by atoms with Crippen molar-refractivity contribution in [3.8, 4) is 17.2 Å². The van der Waals surface area contributed by atoms with E-state index in [1.807, 2.05) is 58.0 Å². The van der Waals surface area contributed by atoms with Crippen LogP contribution in [-0.4, -0.2) is 18.0 Å². The molecule has 0 bridgehead atoms. The summed E-state index contributed by atoms with van der Waals surface area (Å²) in [5.74, 6) is 0.162. The third-order valence-electron chi connectivity index (χ3n) is 2.92. The van der Waals surface area contributed by atoms with Crippen molar-refractivity contribution >= 4 is 5.78 Å². The lowest BCUT2D eigenvalue weighted by atomic mass is 10.1. The van der Waals surface area contributed by atoms with Crippen molar-refractivity contribution in [2.45, 2.75) is 41.2 Å². The molecule has 0 aliphatic rings. The fourth-order valence-corrected chi connectivity index (χ4v) is 1.87. The van der Waals surface area contributed by atoms with Crippen LogP contribution in [0.3, 0.4) is 0 Å².